The number of benzene rings is 1. The monoisotopic (exact) mass is 341 g/mol. The van der Waals surface area contributed by atoms with Gasteiger partial charge in [-0.25, -0.2) is 4.39 Å². The second-order valence-corrected chi connectivity index (χ2v) is 5.13. The number of phenols is 1. The topological polar surface area (TPSA) is 58.4 Å². The molecule has 0 saturated carbocycles. The largest absolute Gasteiger partial charge is 0.506 e. The predicted molar refractivity (Wildman–Crippen MR) is 75.0 cm³/mol. The summed E-state index contributed by atoms with van der Waals surface area (Å²) in [6, 6.07) is 3.92. The molecule has 0 aliphatic rings. The molecule has 5 nitrogen and oxygen atoms in total. The van der Waals surface area contributed by atoms with Crippen molar-refractivity contribution in [2.45, 2.75) is 6.54 Å². The Balaban J connectivity index is 2.10. The minimum absolute atomic E-state index is 0.0696. The summed E-state index contributed by atoms with van der Waals surface area (Å²) in [6.07, 6.45) is 3.44. The highest BCUT2D eigenvalue weighted by Crippen LogP contribution is 2.29. The molecular weight excluding hydrogens is 329 g/mol. The molecule has 1 aromatic heterocycles. The van der Waals surface area contributed by atoms with E-state index in [4.69, 9.17) is 0 Å². The van der Waals surface area contributed by atoms with Crippen LogP contribution < -0.4 is 0 Å². The molecule has 1 heterocycles. The van der Waals surface area contributed by atoms with Gasteiger partial charge in [0, 0.05) is 26.0 Å². The first kappa shape index (κ1) is 14.5. The fourth-order valence-electron chi connectivity index (χ4n) is 1.72. The van der Waals surface area contributed by atoms with Crippen LogP contribution in [0.3, 0.4) is 0 Å². The van der Waals surface area contributed by atoms with Gasteiger partial charge in [-0.05, 0) is 34.1 Å². The highest BCUT2D eigenvalue weighted by Gasteiger charge is 2.19. The molecule has 7 heteroatoms. The lowest BCUT2D eigenvalue weighted by Crippen LogP contribution is -2.30. The standard InChI is InChI=1S/C13H13BrFN3O2/c1-17(5-6-18-4-2-3-16-18)13(20)10-7-9(15)8-11(14)12(10)19/h2-4,7-8,19H,5-6H2,1H3. The van der Waals surface area contributed by atoms with E-state index in [9.17, 15) is 14.3 Å². The van der Waals surface area contributed by atoms with Gasteiger partial charge >= 0.3 is 0 Å². The molecule has 0 unspecified atom stereocenters. The SMILES string of the molecule is CN(CCn1cccn1)C(=O)c1cc(F)cc(Br)c1O. The summed E-state index contributed by atoms with van der Waals surface area (Å²) in [6.45, 7) is 0.917. The van der Waals surface area contributed by atoms with Crippen LogP contribution in [0, 0.1) is 5.82 Å². The lowest BCUT2D eigenvalue weighted by atomic mass is 10.1. The molecule has 0 aliphatic heterocycles. The van der Waals surface area contributed by atoms with Crippen molar-refractivity contribution >= 4 is 21.8 Å². The Bertz CT molecular complexity index is 616. The number of hydrogen-bond donors (Lipinski definition) is 1. The first-order valence-electron chi connectivity index (χ1n) is 5.90. The number of carbonyl (C=O) groups is 1. The second-order valence-electron chi connectivity index (χ2n) is 4.28. The molecule has 0 atom stereocenters. The van der Waals surface area contributed by atoms with Crippen LogP contribution in [-0.4, -0.2) is 39.3 Å². The van der Waals surface area contributed by atoms with Gasteiger partial charge < -0.3 is 10.0 Å². The number of nitrogens with zero attached hydrogens (tertiary/aromatic N) is 3. The predicted octanol–water partition coefficient (Wildman–Crippen LogP) is 2.26. The molecule has 0 aliphatic carbocycles. The van der Waals surface area contributed by atoms with Crippen molar-refractivity contribution in [3.8, 4) is 5.75 Å². The van der Waals surface area contributed by atoms with E-state index < -0.39 is 11.7 Å². The number of rotatable bonds is 4. The summed E-state index contributed by atoms with van der Waals surface area (Å²) in [5, 5.41) is 13.8. The number of carbonyl (C=O) groups excluding carboxylic acids is 1. The minimum atomic E-state index is -0.585. The van der Waals surface area contributed by atoms with Crippen molar-refractivity contribution < 1.29 is 14.3 Å². The zero-order chi connectivity index (χ0) is 14.7. The van der Waals surface area contributed by atoms with Crippen molar-refractivity contribution in [1.29, 1.82) is 0 Å². The number of amides is 1. The molecule has 0 spiro atoms. The number of phenolic OH excluding ortho intramolecular Hbond substituents is 1. The molecule has 0 saturated heterocycles. The Morgan fingerprint density at radius 3 is 2.95 bits per heavy atom. The average molecular weight is 342 g/mol. The fraction of sp³-hybridized carbons (Fsp3) is 0.231. The van der Waals surface area contributed by atoms with Crippen molar-refractivity contribution in [2.75, 3.05) is 13.6 Å². The zero-order valence-electron chi connectivity index (χ0n) is 10.8. The van der Waals surface area contributed by atoms with Gasteiger partial charge in [0.25, 0.3) is 5.91 Å². The van der Waals surface area contributed by atoms with E-state index in [1.807, 2.05) is 0 Å². The van der Waals surface area contributed by atoms with Crippen LogP contribution in [0.2, 0.25) is 0 Å². The summed E-state index contributed by atoms with van der Waals surface area (Å²) < 4.78 is 15.2. The number of aromatic hydroxyl groups is 1. The van der Waals surface area contributed by atoms with E-state index in [0.717, 1.165) is 12.1 Å². The maximum Gasteiger partial charge on any atom is 0.257 e. The molecule has 1 N–H and O–H groups in total. The second kappa shape index (κ2) is 6.04. The molecule has 0 bridgehead atoms. The van der Waals surface area contributed by atoms with Gasteiger partial charge in [0.2, 0.25) is 0 Å². The summed E-state index contributed by atoms with van der Waals surface area (Å²) in [7, 11) is 1.59. The third-order valence-corrected chi connectivity index (χ3v) is 3.43. The molecular formula is C13H13BrFN3O2. The Labute approximate surface area is 123 Å². The molecule has 2 aromatic rings. The van der Waals surface area contributed by atoms with Crippen molar-refractivity contribution in [2.24, 2.45) is 0 Å². The quantitative estimate of drug-likeness (QED) is 0.927. The Morgan fingerprint density at radius 1 is 1.55 bits per heavy atom. The average Bonchev–Trinajstić information content (AvgIpc) is 2.92. The van der Waals surface area contributed by atoms with Gasteiger partial charge in [-0.2, -0.15) is 5.10 Å². The molecule has 2 rings (SSSR count). The summed E-state index contributed by atoms with van der Waals surface area (Å²) in [5.41, 5.74) is -0.0696. The Morgan fingerprint density at radius 2 is 2.30 bits per heavy atom. The van der Waals surface area contributed by atoms with E-state index >= 15 is 0 Å². The number of aromatic nitrogens is 2. The van der Waals surface area contributed by atoms with E-state index in [1.54, 1.807) is 30.2 Å². The third kappa shape index (κ3) is 3.16. The fourth-order valence-corrected chi connectivity index (χ4v) is 2.15. The first-order valence-corrected chi connectivity index (χ1v) is 6.69. The molecule has 20 heavy (non-hydrogen) atoms. The van der Waals surface area contributed by atoms with Gasteiger partial charge in [-0.15, -0.1) is 0 Å². The van der Waals surface area contributed by atoms with Gasteiger partial charge in [0.1, 0.15) is 11.6 Å². The maximum atomic E-state index is 13.3. The Hall–Kier alpha value is -1.89. The number of likely N-dealkylation sites (N-methyl/N-ethyl adjacent to an activating group) is 1. The molecule has 1 aromatic carbocycles. The van der Waals surface area contributed by atoms with Crippen molar-refractivity contribution in [3.05, 3.63) is 46.4 Å². The lowest BCUT2D eigenvalue weighted by molar-refractivity contribution is 0.0785. The molecule has 1 amide bonds. The van der Waals surface area contributed by atoms with E-state index in [-0.39, 0.29) is 15.8 Å². The first-order chi connectivity index (χ1) is 9.49. The highest BCUT2D eigenvalue weighted by atomic mass is 79.9. The van der Waals surface area contributed by atoms with E-state index in [1.165, 1.54) is 4.90 Å². The van der Waals surface area contributed by atoms with Gasteiger partial charge in [0.15, 0.2) is 0 Å². The lowest BCUT2D eigenvalue weighted by Gasteiger charge is -2.18. The summed E-state index contributed by atoms with van der Waals surface area (Å²) in [4.78, 5) is 13.6. The molecule has 0 fully saturated rings. The normalized spacial score (nSPS) is 10.6. The number of hydrogen-bond acceptors (Lipinski definition) is 3. The minimum Gasteiger partial charge on any atom is -0.506 e. The van der Waals surface area contributed by atoms with Crippen LogP contribution in [0.5, 0.6) is 5.75 Å². The molecule has 0 radical (unpaired) electrons. The smallest absolute Gasteiger partial charge is 0.257 e. The van der Waals surface area contributed by atoms with Gasteiger partial charge in [-0.1, -0.05) is 0 Å². The molecule has 106 valence electrons. The van der Waals surface area contributed by atoms with Crippen molar-refractivity contribution in [1.82, 2.24) is 14.7 Å². The maximum absolute atomic E-state index is 13.3. The van der Waals surface area contributed by atoms with Crippen LogP contribution >= 0.6 is 15.9 Å². The van der Waals surface area contributed by atoms with Gasteiger partial charge in [-0.3, -0.25) is 9.48 Å². The van der Waals surface area contributed by atoms with Crippen LogP contribution in [0.25, 0.3) is 0 Å². The van der Waals surface area contributed by atoms with E-state index in [2.05, 4.69) is 21.0 Å². The highest BCUT2D eigenvalue weighted by molar-refractivity contribution is 9.10. The van der Waals surface area contributed by atoms with E-state index in [0.29, 0.717) is 13.1 Å². The third-order valence-electron chi connectivity index (χ3n) is 2.83. The van der Waals surface area contributed by atoms with Crippen LogP contribution in [0.15, 0.2) is 35.1 Å². The van der Waals surface area contributed by atoms with Crippen molar-refractivity contribution in [3.63, 3.8) is 0 Å². The van der Waals surface area contributed by atoms with Crippen LogP contribution in [0.1, 0.15) is 10.4 Å². The van der Waals surface area contributed by atoms with Gasteiger partial charge in [0.05, 0.1) is 16.6 Å². The zero-order valence-corrected chi connectivity index (χ0v) is 12.3. The van der Waals surface area contributed by atoms with Crippen LogP contribution in [0.4, 0.5) is 4.39 Å². The van der Waals surface area contributed by atoms with Crippen LogP contribution in [-0.2, 0) is 6.54 Å². The number of halogens is 2. The Kier molecular flexibility index (Phi) is 4.39. The summed E-state index contributed by atoms with van der Waals surface area (Å²) >= 11 is 3.01. The summed E-state index contributed by atoms with van der Waals surface area (Å²) in [5.74, 6) is -1.30.